The van der Waals surface area contributed by atoms with Crippen molar-refractivity contribution in [2.45, 2.75) is 63.1 Å². The van der Waals surface area contributed by atoms with Crippen LogP contribution in [0.3, 0.4) is 0 Å². The molecule has 1 aromatic carbocycles. The molecule has 6 N–H and O–H groups in total. The van der Waals surface area contributed by atoms with Gasteiger partial charge in [0.2, 0.25) is 12.5 Å². The van der Waals surface area contributed by atoms with Crippen molar-refractivity contribution in [3.8, 4) is 17.2 Å². The molecule has 5 atom stereocenters. The maximum absolute atomic E-state index is 12.6. The average molecular weight is 440 g/mol. The molecule has 1 saturated carbocycles. The highest BCUT2D eigenvalue weighted by atomic mass is 16.7. The van der Waals surface area contributed by atoms with Gasteiger partial charge >= 0.3 is 6.09 Å². The summed E-state index contributed by atoms with van der Waals surface area (Å²) in [6.45, 7) is 4.84. The molecule has 1 aliphatic heterocycles. The quantitative estimate of drug-likeness (QED) is 0.377. The van der Waals surface area contributed by atoms with Crippen molar-refractivity contribution in [2.75, 3.05) is 13.8 Å². The maximum atomic E-state index is 12.6. The highest BCUT2D eigenvalue weighted by Gasteiger charge is 2.46. The van der Waals surface area contributed by atoms with Crippen LogP contribution in [0.4, 0.5) is 4.79 Å². The smallest absolute Gasteiger partial charge is 0.407 e. The lowest BCUT2D eigenvalue weighted by Crippen LogP contribution is -2.59. The molecule has 2 aliphatic rings. The molecule has 0 saturated heterocycles. The second kappa shape index (κ2) is 8.40. The van der Waals surface area contributed by atoms with Crippen LogP contribution in [0.1, 0.15) is 49.0 Å². The third-order valence-electron chi connectivity index (χ3n) is 5.25. The van der Waals surface area contributed by atoms with Gasteiger partial charge in [0.1, 0.15) is 17.8 Å². The lowest BCUT2D eigenvalue weighted by Gasteiger charge is -2.42. The zero-order chi connectivity index (χ0) is 23.1. The van der Waals surface area contributed by atoms with Gasteiger partial charge in [-0.3, -0.25) is 4.79 Å². The standard InChI is InChI=1S/C20H28N2O9/c1-20(2,3)31-19(28)22-13-9(5-10(23)14(24)16(13)26)8-6-11-17(30-7-29-11)15(25)12(8)18(27)21-4/h6,9-10,13-14,16,23-26H,5,7H2,1-4H3,(H,21,27)(H,22,28)/t9-,10-,13+,14-,16-/m0/s1. The Morgan fingerprint density at radius 1 is 1.16 bits per heavy atom. The number of nitrogens with one attached hydrogen (secondary N) is 2. The van der Waals surface area contributed by atoms with Gasteiger partial charge in [-0.15, -0.1) is 0 Å². The minimum absolute atomic E-state index is 0.00376. The summed E-state index contributed by atoms with van der Waals surface area (Å²) in [6, 6.07) is 0.314. The fourth-order valence-electron chi connectivity index (χ4n) is 3.87. The number of carbonyl (C=O) groups excluding carboxylic acids is 2. The van der Waals surface area contributed by atoms with Gasteiger partial charge in [0.05, 0.1) is 17.7 Å². The highest BCUT2D eigenvalue weighted by Crippen LogP contribution is 2.48. The summed E-state index contributed by atoms with van der Waals surface area (Å²) in [5.41, 5.74) is -0.766. The maximum Gasteiger partial charge on any atom is 0.407 e. The van der Waals surface area contributed by atoms with Crippen LogP contribution in [0.25, 0.3) is 0 Å². The summed E-state index contributed by atoms with van der Waals surface area (Å²) in [7, 11) is 1.38. The van der Waals surface area contributed by atoms with Gasteiger partial charge in [-0.2, -0.15) is 0 Å². The summed E-state index contributed by atoms with van der Waals surface area (Å²) >= 11 is 0. The van der Waals surface area contributed by atoms with Crippen molar-refractivity contribution in [1.29, 1.82) is 0 Å². The molecule has 1 heterocycles. The van der Waals surface area contributed by atoms with Crippen molar-refractivity contribution in [3.63, 3.8) is 0 Å². The molecule has 0 radical (unpaired) electrons. The first-order valence-corrected chi connectivity index (χ1v) is 9.85. The first-order chi connectivity index (χ1) is 14.4. The van der Waals surface area contributed by atoms with Gasteiger partial charge in [0.25, 0.3) is 5.91 Å². The first kappa shape index (κ1) is 22.9. The molecule has 31 heavy (non-hydrogen) atoms. The van der Waals surface area contributed by atoms with Crippen molar-refractivity contribution < 1.29 is 44.2 Å². The zero-order valence-corrected chi connectivity index (χ0v) is 17.7. The first-order valence-electron chi connectivity index (χ1n) is 9.85. The summed E-state index contributed by atoms with van der Waals surface area (Å²) in [5, 5.41) is 46.8. The summed E-state index contributed by atoms with van der Waals surface area (Å²) in [5.74, 6) is -1.82. The third-order valence-corrected chi connectivity index (χ3v) is 5.25. The molecule has 1 aromatic rings. The second-order valence-electron chi connectivity index (χ2n) is 8.57. The van der Waals surface area contributed by atoms with Crippen molar-refractivity contribution in [1.82, 2.24) is 10.6 Å². The van der Waals surface area contributed by atoms with Crippen LogP contribution in [-0.4, -0.2) is 76.2 Å². The molecule has 11 nitrogen and oxygen atoms in total. The molecular weight excluding hydrogens is 412 g/mol. The lowest BCUT2D eigenvalue weighted by atomic mass is 9.74. The van der Waals surface area contributed by atoms with Crippen LogP contribution in [0, 0.1) is 0 Å². The third kappa shape index (κ3) is 4.48. The number of aliphatic hydroxyl groups excluding tert-OH is 3. The van der Waals surface area contributed by atoms with Crippen LogP contribution in [0.15, 0.2) is 6.07 Å². The number of phenolic OH excluding ortho intramolecular Hbond substituents is 1. The van der Waals surface area contributed by atoms with E-state index < -0.39 is 53.6 Å². The molecule has 0 spiro atoms. The average Bonchev–Trinajstić information content (AvgIpc) is 3.15. The Hall–Kier alpha value is -2.76. The van der Waals surface area contributed by atoms with E-state index in [1.807, 2.05) is 0 Å². The van der Waals surface area contributed by atoms with Crippen LogP contribution in [0.2, 0.25) is 0 Å². The molecule has 0 bridgehead atoms. The molecule has 2 amide bonds. The Morgan fingerprint density at radius 3 is 2.45 bits per heavy atom. The largest absolute Gasteiger partial charge is 0.504 e. The minimum atomic E-state index is -1.58. The van der Waals surface area contributed by atoms with E-state index in [-0.39, 0.29) is 35.8 Å². The summed E-state index contributed by atoms with van der Waals surface area (Å²) in [6.07, 6.45) is -5.44. The topological polar surface area (TPSA) is 167 Å². The predicted octanol–water partition coefficient (Wildman–Crippen LogP) is -0.0562. The Kier molecular flexibility index (Phi) is 6.21. The van der Waals surface area contributed by atoms with Crippen molar-refractivity contribution in [3.05, 3.63) is 17.2 Å². The summed E-state index contributed by atoms with van der Waals surface area (Å²) < 4.78 is 15.8. The van der Waals surface area contributed by atoms with Gasteiger partial charge in [-0.1, -0.05) is 0 Å². The number of rotatable bonds is 3. The van der Waals surface area contributed by atoms with E-state index in [0.717, 1.165) is 0 Å². The van der Waals surface area contributed by atoms with E-state index >= 15 is 0 Å². The van der Waals surface area contributed by atoms with E-state index in [1.165, 1.54) is 13.1 Å². The Morgan fingerprint density at radius 2 is 1.84 bits per heavy atom. The fraction of sp³-hybridized carbons (Fsp3) is 0.600. The number of hydrogen-bond donors (Lipinski definition) is 6. The molecule has 1 fully saturated rings. The van der Waals surface area contributed by atoms with E-state index in [0.29, 0.717) is 0 Å². The summed E-state index contributed by atoms with van der Waals surface area (Å²) in [4.78, 5) is 25.0. The Bertz CT molecular complexity index is 867. The molecule has 172 valence electrons. The number of alkyl carbamates (subject to hydrolysis) is 1. The number of ether oxygens (including phenoxy) is 3. The number of phenols is 1. The van der Waals surface area contributed by atoms with Gasteiger partial charge < -0.3 is 45.3 Å². The molecule has 0 aromatic heterocycles. The molecule has 1 aliphatic carbocycles. The normalized spacial score (nSPS) is 27.5. The van der Waals surface area contributed by atoms with Gasteiger partial charge in [0.15, 0.2) is 11.5 Å². The van der Waals surface area contributed by atoms with Crippen LogP contribution >= 0.6 is 0 Å². The zero-order valence-electron chi connectivity index (χ0n) is 17.7. The highest BCUT2D eigenvalue weighted by molar-refractivity contribution is 6.00. The van der Waals surface area contributed by atoms with Crippen LogP contribution in [0.5, 0.6) is 17.2 Å². The van der Waals surface area contributed by atoms with Gasteiger partial charge in [-0.25, -0.2) is 4.79 Å². The SMILES string of the molecule is CNC(=O)c1c([C@@H]2C[C@H](O)[C@H](O)[C@@H](O)[C@@H]2NC(=O)OC(C)(C)C)cc2c(c1O)OCO2. The van der Waals surface area contributed by atoms with E-state index in [9.17, 15) is 30.0 Å². The minimum Gasteiger partial charge on any atom is -0.504 e. The van der Waals surface area contributed by atoms with Gasteiger partial charge in [-0.05, 0) is 38.8 Å². The fourth-order valence-corrected chi connectivity index (χ4v) is 3.87. The lowest BCUT2D eigenvalue weighted by molar-refractivity contribution is -0.105. The number of amides is 2. The molecule has 3 rings (SSSR count). The van der Waals surface area contributed by atoms with Crippen LogP contribution in [-0.2, 0) is 4.74 Å². The Balaban J connectivity index is 2.08. The van der Waals surface area contributed by atoms with Crippen molar-refractivity contribution in [2.24, 2.45) is 0 Å². The van der Waals surface area contributed by atoms with E-state index in [2.05, 4.69) is 10.6 Å². The molecular formula is C20H28N2O9. The number of hydrogen-bond acceptors (Lipinski definition) is 9. The predicted molar refractivity (Wildman–Crippen MR) is 106 cm³/mol. The van der Waals surface area contributed by atoms with E-state index in [1.54, 1.807) is 20.8 Å². The number of aromatic hydroxyl groups is 1. The van der Waals surface area contributed by atoms with Gasteiger partial charge in [0, 0.05) is 13.0 Å². The second-order valence-corrected chi connectivity index (χ2v) is 8.57. The Labute approximate surface area is 178 Å². The number of aliphatic hydroxyl groups is 3. The number of carbonyl (C=O) groups is 2. The monoisotopic (exact) mass is 440 g/mol. The number of fused-ring (bicyclic) bond motifs is 1. The van der Waals surface area contributed by atoms with Crippen molar-refractivity contribution >= 4 is 12.0 Å². The molecule has 0 unspecified atom stereocenters. The van der Waals surface area contributed by atoms with Crippen LogP contribution < -0.4 is 20.1 Å². The molecule has 11 heteroatoms. The number of benzene rings is 1. The van der Waals surface area contributed by atoms with E-state index in [4.69, 9.17) is 14.2 Å².